The average Bonchev–Trinajstić information content (AvgIpc) is 3.42. The molecule has 1 amide bonds. The number of fused-ring (bicyclic) bond motifs is 1. The molecule has 1 aromatic carbocycles. The molecule has 0 atom stereocenters. The van der Waals surface area contributed by atoms with Gasteiger partial charge in [-0.15, -0.1) is 0 Å². The second-order valence-corrected chi connectivity index (χ2v) is 11.7. The van der Waals surface area contributed by atoms with Crippen molar-refractivity contribution in [2.24, 2.45) is 0 Å². The van der Waals surface area contributed by atoms with E-state index in [0.29, 0.717) is 24.8 Å². The number of aromatic nitrogens is 3. The lowest BCUT2D eigenvalue weighted by molar-refractivity contribution is -0.206. The zero-order chi connectivity index (χ0) is 26.5. The number of nitrogens with one attached hydrogen (secondary N) is 1. The Morgan fingerprint density at radius 2 is 2.00 bits per heavy atom. The number of methoxy groups -OCH3 is 2. The van der Waals surface area contributed by atoms with Crippen molar-refractivity contribution in [2.75, 3.05) is 27.4 Å². The van der Waals surface area contributed by atoms with Crippen molar-refractivity contribution in [3.05, 3.63) is 58.9 Å². The highest BCUT2D eigenvalue weighted by molar-refractivity contribution is 7.90. The monoisotopic (exact) mass is 538 g/mol. The molecule has 0 spiro atoms. The third kappa shape index (κ3) is 4.38. The maximum atomic E-state index is 13.3. The number of hydrogen-bond acceptors (Lipinski definition) is 8. The summed E-state index contributed by atoms with van der Waals surface area (Å²) < 4.78 is 47.0. The van der Waals surface area contributed by atoms with Crippen LogP contribution in [0, 0.1) is 0 Å². The predicted molar refractivity (Wildman–Crippen MR) is 137 cm³/mol. The Hall–Kier alpha value is -3.28. The number of aryl methyl sites for hydroxylation is 1. The zero-order valence-electron chi connectivity index (χ0n) is 21.4. The number of hydrogen-bond donors (Lipinski definition) is 1. The van der Waals surface area contributed by atoms with Crippen LogP contribution in [-0.4, -0.2) is 56.5 Å². The van der Waals surface area contributed by atoms with Gasteiger partial charge in [-0.1, -0.05) is 12.1 Å². The highest BCUT2D eigenvalue weighted by Gasteiger charge is 2.46. The van der Waals surface area contributed by atoms with Crippen molar-refractivity contribution in [1.29, 1.82) is 0 Å². The van der Waals surface area contributed by atoms with Crippen LogP contribution in [0.3, 0.4) is 0 Å². The summed E-state index contributed by atoms with van der Waals surface area (Å²) in [7, 11) is -1.07. The molecule has 200 valence electrons. The fraction of sp³-hybridized carbons (Fsp3) is 0.444. The number of carbonyl (C=O) groups is 1. The number of ether oxygens (including phenoxy) is 3. The normalized spacial score (nSPS) is 18.1. The van der Waals surface area contributed by atoms with Crippen molar-refractivity contribution >= 4 is 15.9 Å². The topological polar surface area (TPSA) is 122 Å². The van der Waals surface area contributed by atoms with Crippen LogP contribution in [0.1, 0.15) is 47.7 Å². The molecule has 1 aliphatic heterocycles. The molecule has 3 aromatic rings. The largest absolute Gasteiger partial charge is 0.481 e. The van der Waals surface area contributed by atoms with Crippen molar-refractivity contribution in [3.63, 3.8) is 0 Å². The molecule has 1 saturated carbocycles. The molecule has 10 nitrogen and oxygen atoms in total. The first-order valence-electron chi connectivity index (χ1n) is 12.8. The maximum Gasteiger partial charge on any atom is 0.283 e. The highest BCUT2D eigenvalue weighted by atomic mass is 32.2. The third-order valence-electron chi connectivity index (χ3n) is 7.65. The van der Waals surface area contributed by atoms with Crippen LogP contribution in [0.15, 0.2) is 41.6 Å². The summed E-state index contributed by atoms with van der Waals surface area (Å²) in [5.41, 5.74) is 4.80. The van der Waals surface area contributed by atoms with Gasteiger partial charge in [-0.2, -0.15) is 13.5 Å². The quantitative estimate of drug-likeness (QED) is 0.441. The molecular weight excluding hydrogens is 508 g/mol. The number of carbonyl (C=O) groups excluding carboxylic acids is 1. The van der Waals surface area contributed by atoms with Crippen LogP contribution in [-0.2, 0) is 49.2 Å². The summed E-state index contributed by atoms with van der Waals surface area (Å²) in [5, 5.41) is 4.21. The van der Waals surface area contributed by atoms with Crippen molar-refractivity contribution < 1.29 is 27.4 Å². The van der Waals surface area contributed by atoms with Gasteiger partial charge in [0, 0.05) is 25.4 Å². The first-order chi connectivity index (χ1) is 18.3. The van der Waals surface area contributed by atoms with Gasteiger partial charge in [0.05, 0.1) is 38.5 Å². The second-order valence-electron chi connectivity index (χ2n) is 10.1. The number of amides is 1. The summed E-state index contributed by atoms with van der Waals surface area (Å²) in [6.45, 7) is 0.658. The first-order valence-corrected chi connectivity index (χ1v) is 14.2. The van der Waals surface area contributed by atoms with Gasteiger partial charge in [-0.25, -0.2) is 9.71 Å². The lowest BCUT2D eigenvalue weighted by Crippen LogP contribution is -2.49. The summed E-state index contributed by atoms with van der Waals surface area (Å²) >= 11 is 0. The zero-order valence-corrected chi connectivity index (χ0v) is 22.2. The minimum atomic E-state index is -4.20. The molecule has 0 unspecified atom stereocenters. The van der Waals surface area contributed by atoms with E-state index in [2.05, 4.69) is 20.9 Å². The lowest BCUT2D eigenvalue weighted by Gasteiger charge is -2.40. The van der Waals surface area contributed by atoms with E-state index in [9.17, 15) is 13.2 Å². The van der Waals surface area contributed by atoms with E-state index in [-0.39, 0.29) is 17.5 Å². The van der Waals surface area contributed by atoms with Crippen LogP contribution in [0.25, 0.3) is 11.1 Å². The van der Waals surface area contributed by atoms with Crippen molar-refractivity contribution in [1.82, 2.24) is 19.5 Å². The first kappa shape index (κ1) is 25.0. The third-order valence-corrected chi connectivity index (χ3v) is 8.90. The van der Waals surface area contributed by atoms with Gasteiger partial charge in [0.2, 0.25) is 11.8 Å². The Labute approximate surface area is 221 Å². The smallest absolute Gasteiger partial charge is 0.283 e. The Morgan fingerprint density at radius 3 is 2.68 bits per heavy atom. The van der Waals surface area contributed by atoms with E-state index in [0.717, 1.165) is 54.4 Å². The summed E-state index contributed by atoms with van der Waals surface area (Å²) in [4.78, 5) is 17.4. The summed E-state index contributed by atoms with van der Waals surface area (Å²) in [5.74, 6) is -0.141. The van der Waals surface area contributed by atoms with Crippen LogP contribution in [0.5, 0.6) is 5.88 Å². The molecule has 2 aromatic heterocycles. The summed E-state index contributed by atoms with van der Waals surface area (Å²) in [6, 6.07) is 9.39. The molecule has 38 heavy (non-hydrogen) atoms. The van der Waals surface area contributed by atoms with Crippen LogP contribution in [0.2, 0.25) is 0 Å². The Bertz CT molecular complexity index is 1500. The van der Waals surface area contributed by atoms with Gasteiger partial charge in [-0.3, -0.25) is 9.48 Å². The predicted octanol–water partition coefficient (Wildman–Crippen LogP) is 2.70. The van der Waals surface area contributed by atoms with Crippen LogP contribution >= 0.6 is 0 Å². The lowest BCUT2D eigenvalue weighted by atomic mass is 9.91. The molecule has 3 heterocycles. The minimum Gasteiger partial charge on any atom is -0.481 e. The molecule has 6 rings (SSSR count). The van der Waals surface area contributed by atoms with Crippen LogP contribution < -0.4 is 9.46 Å². The Morgan fingerprint density at radius 1 is 1.18 bits per heavy atom. The highest BCUT2D eigenvalue weighted by Crippen LogP contribution is 2.42. The van der Waals surface area contributed by atoms with Gasteiger partial charge in [0.15, 0.2) is 10.6 Å². The molecule has 2 aliphatic carbocycles. The van der Waals surface area contributed by atoms with E-state index < -0.39 is 21.5 Å². The van der Waals surface area contributed by atoms with E-state index in [1.165, 1.54) is 11.6 Å². The Kier molecular flexibility index (Phi) is 6.24. The number of nitrogens with zero attached hydrogens (tertiary/aromatic N) is 3. The average molecular weight is 539 g/mol. The van der Waals surface area contributed by atoms with E-state index >= 15 is 0 Å². The molecule has 3 aliphatic rings. The molecule has 0 bridgehead atoms. The fourth-order valence-corrected chi connectivity index (χ4v) is 6.34. The molecular formula is C27H30N4O6S. The van der Waals surface area contributed by atoms with E-state index in [1.54, 1.807) is 25.1 Å². The molecule has 1 saturated heterocycles. The van der Waals surface area contributed by atoms with Gasteiger partial charge >= 0.3 is 0 Å². The number of rotatable bonds is 9. The second kappa shape index (κ2) is 9.48. The molecule has 11 heteroatoms. The maximum absolute atomic E-state index is 13.3. The SMILES string of the molecule is COc1cc(-c2ccc3c(c2CC(=O)NS(=O)(=O)c2cc(C4(OC)COC4)n(C4CC4)n2)CCC3)ccn1. The van der Waals surface area contributed by atoms with Gasteiger partial charge in [-0.05, 0) is 66.0 Å². The van der Waals surface area contributed by atoms with Gasteiger partial charge < -0.3 is 14.2 Å². The molecule has 0 radical (unpaired) electrons. The number of pyridine rings is 1. The summed E-state index contributed by atoms with van der Waals surface area (Å²) in [6.07, 6.45) is 6.20. The van der Waals surface area contributed by atoms with Crippen LogP contribution in [0.4, 0.5) is 0 Å². The molecule has 1 N–H and O–H groups in total. The Balaban J connectivity index is 1.29. The van der Waals surface area contributed by atoms with Gasteiger partial charge in [0.25, 0.3) is 10.0 Å². The van der Waals surface area contributed by atoms with Crippen molar-refractivity contribution in [2.45, 2.75) is 55.2 Å². The van der Waals surface area contributed by atoms with E-state index in [1.807, 2.05) is 18.2 Å². The molecule has 2 fully saturated rings. The standard InChI is InChI=1S/C27H30N4O6S/c1-35-25-12-18(10-11-28-25)21-9-6-17-4-3-5-20(17)22(21)13-24(32)30-38(33,34)26-14-23(27(36-2)15-37-16-27)31(29-26)19-7-8-19/h6,9-12,14,19H,3-5,7-8,13,15-16H2,1-2H3,(H,30,32). The fourth-order valence-electron chi connectivity index (χ4n) is 5.40. The van der Waals surface area contributed by atoms with Crippen molar-refractivity contribution in [3.8, 4) is 17.0 Å². The minimum absolute atomic E-state index is 0.0750. The van der Waals surface area contributed by atoms with E-state index in [4.69, 9.17) is 14.2 Å². The number of sulfonamides is 1. The number of benzene rings is 1. The van der Waals surface area contributed by atoms with Gasteiger partial charge in [0.1, 0.15) is 0 Å².